The van der Waals surface area contributed by atoms with Crippen molar-refractivity contribution in [3.8, 4) is 16.8 Å². The summed E-state index contributed by atoms with van der Waals surface area (Å²) in [6.45, 7) is 2.74. The van der Waals surface area contributed by atoms with Gasteiger partial charge in [-0.2, -0.15) is 0 Å². The van der Waals surface area contributed by atoms with Crippen molar-refractivity contribution in [1.82, 2.24) is 19.1 Å². The molecule has 0 spiro atoms. The van der Waals surface area contributed by atoms with Gasteiger partial charge in [-0.25, -0.2) is 4.79 Å². The number of aromatic nitrogens is 4. The lowest BCUT2D eigenvalue weighted by Gasteiger charge is -2.24. The zero-order chi connectivity index (χ0) is 25.1. The molecule has 3 aromatic heterocycles. The molecule has 5 rings (SSSR count). The van der Waals surface area contributed by atoms with Crippen LogP contribution in [0.25, 0.3) is 38.8 Å². The van der Waals surface area contributed by atoms with Crippen molar-refractivity contribution < 1.29 is 9.47 Å². The molecule has 0 saturated carbocycles. The van der Waals surface area contributed by atoms with E-state index in [4.69, 9.17) is 9.47 Å². The monoisotopic (exact) mass is 483 g/mol. The number of hydrogen-bond acceptors (Lipinski definition) is 6. The predicted octanol–water partition coefficient (Wildman–Crippen LogP) is 4.04. The highest BCUT2D eigenvalue weighted by Crippen LogP contribution is 2.30. The fourth-order valence-corrected chi connectivity index (χ4v) is 4.54. The molecular formula is C28H29N5O3. The Morgan fingerprint density at radius 2 is 1.67 bits per heavy atom. The third-order valence-electron chi connectivity index (χ3n) is 6.48. The van der Waals surface area contributed by atoms with E-state index in [1.54, 1.807) is 42.8 Å². The van der Waals surface area contributed by atoms with Crippen molar-refractivity contribution in [3.05, 3.63) is 83.7 Å². The fourth-order valence-electron chi connectivity index (χ4n) is 4.54. The van der Waals surface area contributed by atoms with Gasteiger partial charge in [0.05, 0.1) is 41.6 Å². The van der Waals surface area contributed by atoms with Gasteiger partial charge in [-0.1, -0.05) is 12.1 Å². The Bertz CT molecular complexity index is 1530. The van der Waals surface area contributed by atoms with Crippen molar-refractivity contribution in [1.29, 1.82) is 0 Å². The second kappa shape index (κ2) is 10.3. The van der Waals surface area contributed by atoms with Gasteiger partial charge >= 0.3 is 5.69 Å². The van der Waals surface area contributed by atoms with Gasteiger partial charge in [-0.3, -0.25) is 19.1 Å². The lowest BCUT2D eigenvalue weighted by Crippen LogP contribution is -2.30. The minimum Gasteiger partial charge on any atom is -0.383 e. The van der Waals surface area contributed by atoms with Crippen LogP contribution >= 0.6 is 0 Å². The quantitative estimate of drug-likeness (QED) is 0.315. The number of nitrogens with zero attached hydrogens (tertiary/aromatic N) is 5. The smallest absolute Gasteiger partial charge is 0.333 e. The summed E-state index contributed by atoms with van der Waals surface area (Å²) >= 11 is 0. The number of anilines is 1. The van der Waals surface area contributed by atoms with Crippen molar-refractivity contribution in [2.45, 2.75) is 0 Å². The minimum atomic E-state index is -0.116. The van der Waals surface area contributed by atoms with E-state index in [1.807, 2.05) is 54.7 Å². The average molecular weight is 484 g/mol. The van der Waals surface area contributed by atoms with Gasteiger partial charge in [-0.15, -0.1) is 0 Å². The van der Waals surface area contributed by atoms with Crippen LogP contribution in [0.4, 0.5) is 5.69 Å². The summed E-state index contributed by atoms with van der Waals surface area (Å²) in [5, 5.41) is 0.914. The number of pyridine rings is 2. The molecule has 0 bridgehead atoms. The molecule has 36 heavy (non-hydrogen) atoms. The van der Waals surface area contributed by atoms with Gasteiger partial charge in [0, 0.05) is 63.4 Å². The SMILES string of the molecule is COCCN(CCOC)c1ccc(-n2c(=O)n(C)c3cnc4ccc(-c5cccnc5)cc4c32)cc1. The molecule has 3 heterocycles. The van der Waals surface area contributed by atoms with Gasteiger partial charge in [0.15, 0.2) is 0 Å². The number of imidazole rings is 1. The predicted molar refractivity (Wildman–Crippen MR) is 143 cm³/mol. The molecule has 0 aliphatic carbocycles. The van der Waals surface area contributed by atoms with Crippen LogP contribution in [0.5, 0.6) is 0 Å². The first-order valence-corrected chi connectivity index (χ1v) is 11.9. The van der Waals surface area contributed by atoms with E-state index in [9.17, 15) is 4.79 Å². The number of benzene rings is 2. The van der Waals surface area contributed by atoms with Crippen molar-refractivity contribution >= 4 is 27.6 Å². The number of methoxy groups -OCH3 is 2. The molecule has 0 fully saturated rings. The zero-order valence-corrected chi connectivity index (χ0v) is 20.7. The van der Waals surface area contributed by atoms with E-state index in [2.05, 4.69) is 20.9 Å². The maximum atomic E-state index is 13.4. The Morgan fingerprint density at radius 1 is 0.917 bits per heavy atom. The molecular weight excluding hydrogens is 454 g/mol. The highest BCUT2D eigenvalue weighted by atomic mass is 16.5. The van der Waals surface area contributed by atoms with Gasteiger partial charge in [0.1, 0.15) is 0 Å². The second-order valence-electron chi connectivity index (χ2n) is 8.63. The Balaban J connectivity index is 1.64. The molecule has 0 aliphatic heterocycles. The number of ether oxygens (including phenoxy) is 2. The maximum absolute atomic E-state index is 13.4. The number of hydrogen-bond donors (Lipinski definition) is 0. The highest BCUT2D eigenvalue weighted by Gasteiger charge is 2.17. The molecule has 0 saturated heterocycles. The molecule has 8 nitrogen and oxygen atoms in total. The Morgan fingerprint density at radius 3 is 2.33 bits per heavy atom. The van der Waals surface area contributed by atoms with Crippen molar-refractivity contribution in [2.24, 2.45) is 7.05 Å². The molecule has 0 amide bonds. The zero-order valence-electron chi connectivity index (χ0n) is 20.7. The van der Waals surface area contributed by atoms with Gasteiger partial charge in [-0.05, 0) is 48.0 Å². The van der Waals surface area contributed by atoms with Crippen LogP contribution in [0, 0.1) is 0 Å². The molecule has 5 aromatic rings. The van der Waals surface area contributed by atoms with Gasteiger partial charge in [0.25, 0.3) is 0 Å². The summed E-state index contributed by atoms with van der Waals surface area (Å²) in [4.78, 5) is 24.5. The standard InChI is InChI=1S/C28H29N5O3/c1-31-26-19-30-25-11-6-20(21-5-4-12-29-18-21)17-24(25)27(26)33(28(31)34)23-9-7-22(8-10-23)32(13-15-35-2)14-16-36-3/h4-12,17-19H,13-16H2,1-3H3. The first-order valence-electron chi connectivity index (χ1n) is 11.9. The fraction of sp³-hybridized carbons (Fsp3) is 0.250. The number of aryl methyl sites for hydroxylation is 1. The van der Waals surface area contributed by atoms with Crippen molar-refractivity contribution in [3.63, 3.8) is 0 Å². The largest absolute Gasteiger partial charge is 0.383 e. The number of fused-ring (bicyclic) bond motifs is 3. The number of rotatable bonds is 9. The molecule has 2 aromatic carbocycles. The average Bonchev–Trinajstić information content (AvgIpc) is 3.19. The first kappa shape index (κ1) is 23.7. The van der Waals surface area contributed by atoms with Crippen molar-refractivity contribution in [2.75, 3.05) is 45.4 Å². The lowest BCUT2D eigenvalue weighted by atomic mass is 10.0. The molecule has 0 unspecified atom stereocenters. The summed E-state index contributed by atoms with van der Waals surface area (Å²) in [5.74, 6) is 0. The highest BCUT2D eigenvalue weighted by molar-refractivity contribution is 6.04. The normalized spacial score (nSPS) is 11.4. The summed E-state index contributed by atoms with van der Waals surface area (Å²) < 4.78 is 14.0. The summed E-state index contributed by atoms with van der Waals surface area (Å²) in [5.41, 5.74) is 6.21. The van der Waals surface area contributed by atoms with E-state index in [-0.39, 0.29) is 5.69 Å². The second-order valence-corrected chi connectivity index (χ2v) is 8.63. The van der Waals surface area contributed by atoms with E-state index in [0.29, 0.717) is 13.2 Å². The Labute approximate surface area is 209 Å². The molecule has 0 aliphatic rings. The third-order valence-corrected chi connectivity index (χ3v) is 6.48. The molecule has 8 heteroatoms. The van der Waals surface area contributed by atoms with Crippen LogP contribution in [-0.2, 0) is 16.5 Å². The van der Waals surface area contributed by atoms with Crippen LogP contribution in [0.15, 0.2) is 78.0 Å². The van der Waals surface area contributed by atoms with Crippen LogP contribution in [0.2, 0.25) is 0 Å². The molecule has 0 radical (unpaired) electrons. The minimum absolute atomic E-state index is 0.116. The Hall–Kier alpha value is -4.01. The molecule has 0 atom stereocenters. The lowest BCUT2D eigenvalue weighted by molar-refractivity contribution is 0.190. The summed E-state index contributed by atoms with van der Waals surface area (Å²) in [6.07, 6.45) is 5.36. The molecule has 184 valence electrons. The maximum Gasteiger partial charge on any atom is 0.333 e. The van der Waals surface area contributed by atoms with Crippen LogP contribution < -0.4 is 10.6 Å². The molecule has 0 N–H and O–H groups in total. The Kier molecular flexibility index (Phi) is 6.79. The van der Waals surface area contributed by atoms with E-state index in [0.717, 1.165) is 57.5 Å². The summed E-state index contributed by atoms with van der Waals surface area (Å²) in [7, 11) is 5.18. The topological polar surface area (TPSA) is 74.4 Å². The van der Waals surface area contributed by atoms with E-state index < -0.39 is 0 Å². The van der Waals surface area contributed by atoms with Crippen LogP contribution in [0.3, 0.4) is 0 Å². The van der Waals surface area contributed by atoms with Crippen LogP contribution in [0.1, 0.15) is 0 Å². The summed E-state index contributed by atoms with van der Waals surface area (Å²) in [6, 6.07) is 18.1. The van der Waals surface area contributed by atoms with E-state index >= 15 is 0 Å². The van der Waals surface area contributed by atoms with Gasteiger partial charge in [0.2, 0.25) is 0 Å². The van der Waals surface area contributed by atoms with Gasteiger partial charge < -0.3 is 14.4 Å². The van der Waals surface area contributed by atoms with E-state index in [1.165, 1.54) is 0 Å². The van der Waals surface area contributed by atoms with Crippen LogP contribution in [-0.4, -0.2) is 59.6 Å². The first-order chi connectivity index (χ1) is 17.6. The third kappa shape index (κ3) is 4.36.